The zero-order valence-corrected chi connectivity index (χ0v) is 7.35. The molecule has 0 aromatic heterocycles. The third-order valence-corrected chi connectivity index (χ3v) is 1.87. The first kappa shape index (κ1) is 9.51. The number of carbonyl (C=O) groups is 1. The summed E-state index contributed by atoms with van der Waals surface area (Å²) in [6.07, 6.45) is 5.67. The third-order valence-electron chi connectivity index (χ3n) is 0.956. The number of rotatable bonds is 3. The summed E-state index contributed by atoms with van der Waals surface area (Å²) < 4.78 is 4.62. The summed E-state index contributed by atoms with van der Waals surface area (Å²) >= 11 is 3.29. The molecule has 1 atom stereocenters. The van der Waals surface area contributed by atoms with E-state index in [9.17, 15) is 4.79 Å². The normalized spacial score (nSPS) is 11.7. The molecule has 0 N–H and O–H groups in total. The second-order valence-electron chi connectivity index (χ2n) is 1.75. The van der Waals surface area contributed by atoms with Gasteiger partial charge in [-0.25, -0.2) is 4.79 Å². The summed E-state index contributed by atoms with van der Waals surface area (Å²) in [6, 6.07) is 0. The van der Waals surface area contributed by atoms with Gasteiger partial charge in [0.15, 0.2) is 0 Å². The quantitative estimate of drug-likeness (QED) is 0.300. The number of alkyl halides is 1. The van der Waals surface area contributed by atoms with Gasteiger partial charge in [-0.15, -0.1) is 6.42 Å². The van der Waals surface area contributed by atoms with Crippen molar-refractivity contribution >= 4 is 21.9 Å². The maximum atomic E-state index is 10.4. The molecule has 0 amide bonds. The van der Waals surface area contributed by atoms with Gasteiger partial charge in [-0.2, -0.15) is 0 Å². The summed E-state index contributed by atoms with van der Waals surface area (Å²) in [5.41, 5.74) is 0. The average Bonchev–Trinajstić information content (AvgIpc) is 1.99. The van der Waals surface area contributed by atoms with E-state index in [0.29, 0.717) is 6.61 Å². The summed E-state index contributed by atoms with van der Waals surface area (Å²) in [6.45, 7) is 2.34. The van der Waals surface area contributed by atoms with Crippen LogP contribution in [0, 0.1) is 12.3 Å². The van der Waals surface area contributed by atoms with Crippen molar-refractivity contribution in [2.24, 2.45) is 0 Å². The molecular formula is C7H9BrO2. The van der Waals surface area contributed by atoms with E-state index in [0.717, 1.165) is 6.42 Å². The van der Waals surface area contributed by atoms with Crippen LogP contribution in [0.5, 0.6) is 0 Å². The maximum absolute atomic E-state index is 10.4. The first-order chi connectivity index (χ1) is 4.70. The smallest absolute Gasteiger partial charge is 0.384 e. The lowest BCUT2D eigenvalue weighted by Gasteiger charge is -2.04. The Kier molecular flexibility index (Phi) is 5.05. The number of halogens is 1. The van der Waals surface area contributed by atoms with Crippen molar-refractivity contribution in [2.45, 2.75) is 18.2 Å². The third kappa shape index (κ3) is 4.39. The number of carbonyl (C=O) groups excluding carboxylic acids is 1. The van der Waals surface area contributed by atoms with Gasteiger partial charge in [-0.1, -0.05) is 22.9 Å². The molecule has 3 heteroatoms. The lowest BCUT2D eigenvalue weighted by Crippen LogP contribution is -2.11. The topological polar surface area (TPSA) is 26.3 Å². The van der Waals surface area contributed by atoms with Gasteiger partial charge < -0.3 is 4.74 Å². The summed E-state index contributed by atoms with van der Waals surface area (Å²) in [5, 5.41) is 0. The maximum Gasteiger partial charge on any atom is 0.384 e. The molecule has 0 spiro atoms. The molecule has 0 heterocycles. The highest BCUT2D eigenvalue weighted by Crippen LogP contribution is 2.03. The van der Waals surface area contributed by atoms with Crippen molar-refractivity contribution in [3.05, 3.63) is 0 Å². The summed E-state index contributed by atoms with van der Waals surface area (Å²) in [4.78, 5) is 10.6. The highest BCUT2D eigenvalue weighted by Gasteiger charge is 2.02. The predicted octanol–water partition coefficient (Wildman–Crippen LogP) is 1.34. The Morgan fingerprint density at radius 2 is 2.50 bits per heavy atom. The van der Waals surface area contributed by atoms with Crippen LogP contribution in [-0.4, -0.2) is 17.4 Å². The average molecular weight is 205 g/mol. The fraction of sp³-hybridized carbons (Fsp3) is 0.571. The molecule has 0 saturated heterocycles. The first-order valence-corrected chi connectivity index (χ1v) is 3.89. The number of hydrogen-bond acceptors (Lipinski definition) is 2. The van der Waals surface area contributed by atoms with E-state index in [2.05, 4.69) is 20.7 Å². The largest absolute Gasteiger partial charge is 0.455 e. The molecule has 1 unspecified atom stereocenters. The van der Waals surface area contributed by atoms with Crippen molar-refractivity contribution < 1.29 is 9.53 Å². The molecule has 0 rings (SSSR count). The van der Waals surface area contributed by atoms with Gasteiger partial charge in [-0.05, 0) is 6.42 Å². The van der Waals surface area contributed by atoms with Crippen LogP contribution in [0.15, 0.2) is 0 Å². The van der Waals surface area contributed by atoms with E-state index in [1.807, 2.05) is 12.8 Å². The van der Waals surface area contributed by atoms with Gasteiger partial charge >= 0.3 is 5.97 Å². The molecule has 0 fully saturated rings. The van der Waals surface area contributed by atoms with Crippen LogP contribution in [-0.2, 0) is 9.53 Å². The van der Waals surface area contributed by atoms with Crippen LogP contribution in [0.3, 0.4) is 0 Å². The van der Waals surface area contributed by atoms with Crippen LogP contribution in [0.4, 0.5) is 0 Å². The Labute approximate surface area is 69.1 Å². The van der Waals surface area contributed by atoms with E-state index >= 15 is 0 Å². The van der Waals surface area contributed by atoms with Gasteiger partial charge in [0.25, 0.3) is 0 Å². The second-order valence-corrected chi connectivity index (χ2v) is 3.04. The SMILES string of the molecule is C#CC(=O)OCC(Br)CC. The Morgan fingerprint density at radius 1 is 1.90 bits per heavy atom. The highest BCUT2D eigenvalue weighted by molar-refractivity contribution is 9.09. The van der Waals surface area contributed by atoms with E-state index in [-0.39, 0.29) is 4.83 Å². The molecule has 0 aliphatic heterocycles. The minimum atomic E-state index is -0.599. The minimum Gasteiger partial charge on any atom is -0.455 e. The molecule has 0 saturated carbocycles. The number of ether oxygens (including phenoxy) is 1. The highest BCUT2D eigenvalue weighted by atomic mass is 79.9. The Hall–Kier alpha value is -0.490. The zero-order valence-electron chi connectivity index (χ0n) is 5.76. The summed E-state index contributed by atoms with van der Waals surface area (Å²) in [5.74, 6) is 1.26. The Balaban J connectivity index is 3.37. The summed E-state index contributed by atoms with van der Waals surface area (Å²) in [7, 11) is 0. The molecule has 10 heavy (non-hydrogen) atoms. The van der Waals surface area contributed by atoms with Gasteiger partial charge in [0.05, 0.1) is 0 Å². The molecule has 0 bridgehead atoms. The van der Waals surface area contributed by atoms with E-state index in [4.69, 9.17) is 6.42 Å². The predicted molar refractivity (Wildman–Crippen MR) is 42.8 cm³/mol. The number of terminal acetylenes is 1. The number of esters is 1. The van der Waals surface area contributed by atoms with Gasteiger partial charge in [0.1, 0.15) is 6.61 Å². The molecule has 56 valence electrons. The standard InChI is InChI=1S/C7H9BrO2/c1-3-6(8)5-10-7(9)4-2/h2,6H,3,5H2,1H3. The molecule has 0 aliphatic rings. The number of hydrogen-bond donors (Lipinski definition) is 0. The van der Waals surface area contributed by atoms with E-state index < -0.39 is 5.97 Å². The second kappa shape index (κ2) is 5.31. The molecule has 2 nitrogen and oxygen atoms in total. The fourth-order valence-corrected chi connectivity index (χ4v) is 0.458. The first-order valence-electron chi connectivity index (χ1n) is 2.98. The Bertz CT molecular complexity index is 148. The van der Waals surface area contributed by atoms with Crippen LogP contribution in [0.2, 0.25) is 0 Å². The van der Waals surface area contributed by atoms with Gasteiger partial charge in [0, 0.05) is 10.7 Å². The van der Waals surface area contributed by atoms with Crippen LogP contribution < -0.4 is 0 Å². The van der Waals surface area contributed by atoms with Crippen molar-refractivity contribution in [1.29, 1.82) is 0 Å². The van der Waals surface area contributed by atoms with Gasteiger partial charge in [-0.3, -0.25) is 0 Å². The van der Waals surface area contributed by atoms with Crippen molar-refractivity contribution in [2.75, 3.05) is 6.61 Å². The van der Waals surface area contributed by atoms with Crippen molar-refractivity contribution in [1.82, 2.24) is 0 Å². The lowest BCUT2D eigenvalue weighted by molar-refractivity contribution is -0.136. The molecular weight excluding hydrogens is 196 g/mol. The van der Waals surface area contributed by atoms with Crippen LogP contribution >= 0.6 is 15.9 Å². The van der Waals surface area contributed by atoms with Crippen LogP contribution in [0.1, 0.15) is 13.3 Å². The zero-order chi connectivity index (χ0) is 7.98. The molecule has 0 aliphatic carbocycles. The van der Waals surface area contributed by atoms with Crippen molar-refractivity contribution in [3.63, 3.8) is 0 Å². The molecule has 0 aromatic rings. The van der Waals surface area contributed by atoms with Crippen molar-refractivity contribution in [3.8, 4) is 12.3 Å². The van der Waals surface area contributed by atoms with E-state index in [1.54, 1.807) is 0 Å². The molecule has 0 radical (unpaired) electrons. The van der Waals surface area contributed by atoms with Gasteiger partial charge in [0.2, 0.25) is 0 Å². The fourth-order valence-electron chi connectivity index (χ4n) is 0.326. The van der Waals surface area contributed by atoms with Crippen LogP contribution in [0.25, 0.3) is 0 Å². The monoisotopic (exact) mass is 204 g/mol. The molecule has 0 aromatic carbocycles. The van der Waals surface area contributed by atoms with E-state index in [1.165, 1.54) is 0 Å². The minimum absolute atomic E-state index is 0.213. The lowest BCUT2D eigenvalue weighted by atomic mass is 10.4. The Morgan fingerprint density at radius 3 is 2.90 bits per heavy atom.